The molecule has 1 aromatic heterocycles. The number of halogens is 2. The Bertz CT molecular complexity index is 912. The fraction of sp³-hybridized carbons (Fsp3) is 0.111. The number of anilines is 1. The lowest BCUT2D eigenvalue weighted by Gasteiger charge is -2.08. The standard InChI is InChI=1S/C18H14F2N2O2S/c1-2-24-16-6-4-3-5-13(16)17(23)22-18-21-15(10-25-18)12-8-7-11(19)9-14(12)20/h3-10H,2H2,1H3,(H,21,22,23). The Balaban J connectivity index is 1.81. The first-order valence-corrected chi connectivity index (χ1v) is 8.40. The van der Waals surface area contributed by atoms with Crippen molar-refractivity contribution in [1.82, 2.24) is 4.98 Å². The first-order valence-electron chi connectivity index (χ1n) is 7.52. The Hall–Kier alpha value is -2.80. The van der Waals surface area contributed by atoms with Gasteiger partial charge < -0.3 is 4.74 Å². The molecule has 1 heterocycles. The molecular formula is C18H14F2N2O2S. The first kappa shape index (κ1) is 17.0. The second kappa shape index (κ2) is 7.40. The Morgan fingerprint density at radius 2 is 2.04 bits per heavy atom. The molecule has 3 aromatic rings. The maximum absolute atomic E-state index is 13.8. The van der Waals surface area contributed by atoms with Crippen molar-refractivity contribution in [3.63, 3.8) is 0 Å². The lowest BCUT2D eigenvalue weighted by molar-refractivity contribution is 0.102. The largest absolute Gasteiger partial charge is 0.493 e. The molecule has 0 bridgehead atoms. The molecule has 0 saturated carbocycles. The summed E-state index contributed by atoms with van der Waals surface area (Å²) in [7, 11) is 0. The molecule has 3 rings (SSSR count). The topological polar surface area (TPSA) is 51.2 Å². The zero-order chi connectivity index (χ0) is 17.8. The smallest absolute Gasteiger partial charge is 0.261 e. The maximum atomic E-state index is 13.8. The molecule has 1 N–H and O–H groups in total. The number of rotatable bonds is 5. The van der Waals surface area contributed by atoms with Gasteiger partial charge in [-0.15, -0.1) is 11.3 Å². The lowest BCUT2D eigenvalue weighted by atomic mass is 10.1. The van der Waals surface area contributed by atoms with Gasteiger partial charge in [0.15, 0.2) is 5.13 Å². The predicted octanol–water partition coefficient (Wildman–Crippen LogP) is 4.74. The Kier molecular flexibility index (Phi) is 5.04. The Morgan fingerprint density at radius 1 is 1.24 bits per heavy atom. The van der Waals surface area contributed by atoms with Crippen LogP contribution in [0, 0.1) is 11.6 Å². The van der Waals surface area contributed by atoms with E-state index in [0.29, 0.717) is 28.7 Å². The van der Waals surface area contributed by atoms with E-state index in [1.54, 1.807) is 29.6 Å². The molecule has 128 valence electrons. The van der Waals surface area contributed by atoms with Gasteiger partial charge in [0.05, 0.1) is 17.9 Å². The van der Waals surface area contributed by atoms with Crippen molar-refractivity contribution in [3.8, 4) is 17.0 Å². The van der Waals surface area contributed by atoms with Crippen LogP contribution in [0.15, 0.2) is 47.8 Å². The van der Waals surface area contributed by atoms with E-state index in [9.17, 15) is 13.6 Å². The highest BCUT2D eigenvalue weighted by Gasteiger charge is 2.15. The summed E-state index contributed by atoms with van der Waals surface area (Å²) in [6, 6.07) is 10.1. The highest BCUT2D eigenvalue weighted by atomic mass is 32.1. The van der Waals surface area contributed by atoms with Gasteiger partial charge in [0.25, 0.3) is 5.91 Å². The monoisotopic (exact) mass is 360 g/mol. The molecule has 0 aliphatic rings. The van der Waals surface area contributed by atoms with Crippen molar-refractivity contribution >= 4 is 22.4 Å². The van der Waals surface area contributed by atoms with Gasteiger partial charge in [-0.2, -0.15) is 0 Å². The molecule has 0 aliphatic heterocycles. The van der Waals surface area contributed by atoms with Crippen LogP contribution < -0.4 is 10.1 Å². The highest BCUT2D eigenvalue weighted by Crippen LogP contribution is 2.28. The number of carbonyl (C=O) groups excluding carboxylic acids is 1. The van der Waals surface area contributed by atoms with Crippen LogP contribution in [0.4, 0.5) is 13.9 Å². The van der Waals surface area contributed by atoms with E-state index >= 15 is 0 Å². The molecule has 0 fully saturated rings. The van der Waals surface area contributed by atoms with Crippen molar-refractivity contribution in [3.05, 3.63) is 65.0 Å². The highest BCUT2D eigenvalue weighted by molar-refractivity contribution is 7.14. The van der Waals surface area contributed by atoms with Gasteiger partial charge >= 0.3 is 0 Å². The Labute approximate surface area is 147 Å². The normalized spacial score (nSPS) is 10.5. The van der Waals surface area contributed by atoms with Gasteiger partial charge in [-0.05, 0) is 31.2 Å². The molecule has 0 radical (unpaired) electrons. The van der Waals surface area contributed by atoms with Crippen LogP contribution in [0.25, 0.3) is 11.3 Å². The number of benzene rings is 2. The summed E-state index contributed by atoms with van der Waals surface area (Å²) in [6.07, 6.45) is 0. The fourth-order valence-corrected chi connectivity index (χ4v) is 2.96. The molecule has 0 atom stereocenters. The van der Waals surface area contributed by atoms with Crippen LogP contribution >= 0.6 is 11.3 Å². The molecule has 7 heteroatoms. The maximum Gasteiger partial charge on any atom is 0.261 e. The molecule has 25 heavy (non-hydrogen) atoms. The van der Waals surface area contributed by atoms with E-state index in [0.717, 1.165) is 23.5 Å². The van der Waals surface area contributed by atoms with Crippen molar-refractivity contribution in [1.29, 1.82) is 0 Å². The summed E-state index contributed by atoms with van der Waals surface area (Å²) in [5, 5.41) is 4.58. The summed E-state index contributed by atoms with van der Waals surface area (Å²) in [4.78, 5) is 16.6. The minimum absolute atomic E-state index is 0.174. The predicted molar refractivity (Wildman–Crippen MR) is 93.0 cm³/mol. The van der Waals surface area contributed by atoms with Crippen molar-refractivity contribution in [2.75, 3.05) is 11.9 Å². The molecule has 2 aromatic carbocycles. The van der Waals surface area contributed by atoms with Crippen LogP contribution in [0.2, 0.25) is 0 Å². The van der Waals surface area contributed by atoms with Crippen LogP contribution in [-0.4, -0.2) is 17.5 Å². The van der Waals surface area contributed by atoms with Crippen molar-refractivity contribution in [2.45, 2.75) is 6.92 Å². The summed E-state index contributed by atoms with van der Waals surface area (Å²) in [5.74, 6) is -1.25. The van der Waals surface area contributed by atoms with E-state index in [2.05, 4.69) is 10.3 Å². The second-order valence-electron chi connectivity index (χ2n) is 5.05. The van der Waals surface area contributed by atoms with Crippen LogP contribution in [0.5, 0.6) is 5.75 Å². The molecular weight excluding hydrogens is 346 g/mol. The number of carbonyl (C=O) groups is 1. The number of hydrogen-bond donors (Lipinski definition) is 1. The van der Waals surface area contributed by atoms with Crippen LogP contribution in [0.3, 0.4) is 0 Å². The van der Waals surface area contributed by atoms with Gasteiger partial charge in [0, 0.05) is 17.0 Å². The van der Waals surface area contributed by atoms with Gasteiger partial charge in [0.2, 0.25) is 0 Å². The van der Waals surface area contributed by atoms with E-state index in [-0.39, 0.29) is 11.5 Å². The van der Waals surface area contributed by atoms with Gasteiger partial charge in [-0.3, -0.25) is 10.1 Å². The third-order valence-electron chi connectivity index (χ3n) is 3.36. The number of amides is 1. The van der Waals surface area contributed by atoms with Gasteiger partial charge in [-0.25, -0.2) is 13.8 Å². The van der Waals surface area contributed by atoms with Crippen LogP contribution in [0.1, 0.15) is 17.3 Å². The number of hydrogen-bond acceptors (Lipinski definition) is 4. The second-order valence-corrected chi connectivity index (χ2v) is 5.90. The van der Waals surface area contributed by atoms with E-state index < -0.39 is 11.6 Å². The lowest BCUT2D eigenvalue weighted by Crippen LogP contribution is -2.13. The van der Waals surface area contributed by atoms with Crippen LogP contribution in [-0.2, 0) is 0 Å². The summed E-state index contributed by atoms with van der Waals surface area (Å²) >= 11 is 1.16. The van der Waals surface area contributed by atoms with E-state index in [1.807, 2.05) is 6.92 Å². The molecule has 4 nitrogen and oxygen atoms in total. The third-order valence-corrected chi connectivity index (χ3v) is 4.12. The molecule has 0 unspecified atom stereocenters. The van der Waals surface area contributed by atoms with E-state index in [4.69, 9.17) is 4.74 Å². The Morgan fingerprint density at radius 3 is 2.80 bits per heavy atom. The average Bonchev–Trinajstić information content (AvgIpc) is 3.03. The molecule has 0 saturated heterocycles. The first-order chi connectivity index (χ1) is 12.1. The minimum atomic E-state index is -0.704. The number of aromatic nitrogens is 1. The van der Waals surface area contributed by atoms with Gasteiger partial charge in [-0.1, -0.05) is 12.1 Å². The molecule has 1 amide bonds. The van der Waals surface area contributed by atoms with Crippen molar-refractivity contribution in [2.24, 2.45) is 0 Å². The van der Waals surface area contributed by atoms with Crippen molar-refractivity contribution < 1.29 is 18.3 Å². The van der Waals surface area contributed by atoms with E-state index in [1.165, 1.54) is 6.07 Å². The summed E-state index contributed by atoms with van der Waals surface area (Å²) in [6.45, 7) is 2.27. The number of nitrogens with zero attached hydrogens (tertiary/aromatic N) is 1. The zero-order valence-corrected chi connectivity index (χ0v) is 14.1. The zero-order valence-electron chi connectivity index (χ0n) is 13.3. The summed E-state index contributed by atoms with van der Waals surface area (Å²) < 4.78 is 32.3. The average molecular weight is 360 g/mol. The fourth-order valence-electron chi connectivity index (χ4n) is 2.25. The quantitative estimate of drug-likeness (QED) is 0.715. The number of ether oxygens (including phenoxy) is 1. The molecule has 0 spiro atoms. The number of nitrogens with one attached hydrogen (secondary N) is 1. The SMILES string of the molecule is CCOc1ccccc1C(=O)Nc1nc(-c2ccc(F)cc2F)cs1. The minimum Gasteiger partial charge on any atom is -0.493 e. The number of thiazole rings is 1. The van der Waals surface area contributed by atoms with Gasteiger partial charge in [0.1, 0.15) is 17.4 Å². The third kappa shape index (κ3) is 3.83. The summed E-state index contributed by atoms with van der Waals surface area (Å²) in [5.41, 5.74) is 0.887. The molecule has 0 aliphatic carbocycles. The number of para-hydroxylation sites is 1.